The van der Waals surface area contributed by atoms with Gasteiger partial charge in [0, 0.05) is 30.9 Å². The van der Waals surface area contributed by atoms with Gasteiger partial charge in [0.05, 0.1) is 6.10 Å². The Hall–Kier alpha value is -0.560. The van der Waals surface area contributed by atoms with Crippen molar-refractivity contribution in [3.05, 3.63) is 35.9 Å². The van der Waals surface area contributed by atoms with Crippen molar-refractivity contribution in [1.29, 1.82) is 0 Å². The highest BCUT2D eigenvalue weighted by molar-refractivity contribution is 8.00. The summed E-state index contributed by atoms with van der Waals surface area (Å²) < 4.78 is 23.6. The first-order valence-corrected chi connectivity index (χ1v) is 9.83. The van der Waals surface area contributed by atoms with Gasteiger partial charge in [0.25, 0.3) is 0 Å². The molecule has 2 atom stereocenters. The van der Waals surface area contributed by atoms with Crippen LogP contribution < -0.4 is 0 Å². The normalized spacial score (nSPS) is 22.6. The lowest BCUT2D eigenvalue weighted by molar-refractivity contribution is 0.140. The van der Waals surface area contributed by atoms with Crippen LogP contribution in [0.5, 0.6) is 0 Å². The number of hydrogen-bond acceptors (Lipinski definition) is 5. The molecular weight excluding hydrogens is 294 g/mol. The van der Waals surface area contributed by atoms with Gasteiger partial charge in [0.1, 0.15) is 5.37 Å². The number of aliphatic hydroxyl groups is 1. The lowest BCUT2D eigenvalue weighted by Gasteiger charge is -2.34. The Balaban J connectivity index is 1.95. The Morgan fingerprint density at radius 2 is 2.10 bits per heavy atom. The van der Waals surface area contributed by atoms with E-state index in [1.165, 1.54) is 6.26 Å². The SMILES string of the molecule is CS(=O)(=O)C1CSCCN1CCC(O)c1ccccc1. The van der Waals surface area contributed by atoms with Crippen LogP contribution in [0.4, 0.5) is 0 Å². The molecule has 1 saturated heterocycles. The van der Waals surface area contributed by atoms with Gasteiger partial charge in [-0.05, 0) is 12.0 Å². The minimum atomic E-state index is -3.06. The zero-order valence-corrected chi connectivity index (χ0v) is 13.2. The number of rotatable bonds is 5. The summed E-state index contributed by atoms with van der Waals surface area (Å²) in [6.07, 6.45) is 1.32. The lowest BCUT2D eigenvalue weighted by atomic mass is 10.1. The molecule has 0 radical (unpaired) electrons. The van der Waals surface area contributed by atoms with Crippen LogP contribution in [-0.2, 0) is 9.84 Å². The molecule has 1 aromatic rings. The van der Waals surface area contributed by atoms with Crippen LogP contribution in [0.25, 0.3) is 0 Å². The minimum Gasteiger partial charge on any atom is -0.388 e. The fourth-order valence-electron chi connectivity index (χ4n) is 2.40. The van der Waals surface area contributed by atoms with E-state index in [2.05, 4.69) is 0 Å². The van der Waals surface area contributed by atoms with E-state index < -0.39 is 21.3 Å². The third-order valence-corrected chi connectivity index (χ3v) is 6.25. The Morgan fingerprint density at radius 1 is 1.40 bits per heavy atom. The molecule has 2 unspecified atom stereocenters. The number of sulfone groups is 1. The van der Waals surface area contributed by atoms with Crippen LogP contribution in [0, 0.1) is 0 Å². The first kappa shape index (κ1) is 15.8. The summed E-state index contributed by atoms with van der Waals surface area (Å²) in [7, 11) is -3.06. The molecule has 0 spiro atoms. The second kappa shape index (κ2) is 6.93. The van der Waals surface area contributed by atoms with Crippen molar-refractivity contribution in [3.63, 3.8) is 0 Å². The van der Waals surface area contributed by atoms with Crippen molar-refractivity contribution < 1.29 is 13.5 Å². The molecule has 112 valence electrons. The molecule has 1 fully saturated rings. The third kappa shape index (κ3) is 4.22. The second-order valence-electron chi connectivity index (χ2n) is 5.11. The fourth-order valence-corrected chi connectivity index (χ4v) is 5.37. The average molecular weight is 315 g/mol. The van der Waals surface area contributed by atoms with Crippen LogP contribution in [0.1, 0.15) is 18.1 Å². The number of benzene rings is 1. The van der Waals surface area contributed by atoms with Gasteiger partial charge in [-0.25, -0.2) is 8.42 Å². The van der Waals surface area contributed by atoms with Crippen LogP contribution in [0.3, 0.4) is 0 Å². The largest absolute Gasteiger partial charge is 0.388 e. The Morgan fingerprint density at radius 3 is 2.75 bits per heavy atom. The number of hydrogen-bond donors (Lipinski definition) is 1. The van der Waals surface area contributed by atoms with E-state index in [0.29, 0.717) is 18.7 Å². The topological polar surface area (TPSA) is 57.6 Å². The molecular formula is C14H21NO3S2. The van der Waals surface area contributed by atoms with Gasteiger partial charge in [0.2, 0.25) is 0 Å². The zero-order valence-electron chi connectivity index (χ0n) is 11.6. The molecule has 0 aromatic heterocycles. The molecule has 1 heterocycles. The monoisotopic (exact) mass is 315 g/mol. The van der Waals surface area contributed by atoms with Gasteiger partial charge in [-0.2, -0.15) is 11.8 Å². The van der Waals surface area contributed by atoms with Gasteiger partial charge in [0.15, 0.2) is 9.84 Å². The van der Waals surface area contributed by atoms with E-state index in [0.717, 1.165) is 17.9 Å². The predicted octanol–water partition coefficient (Wildman–Crippen LogP) is 1.53. The minimum absolute atomic E-state index is 0.413. The van der Waals surface area contributed by atoms with Crippen molar-refractivity contribution in [3.8, 4) is 0 Å². The summed E-state index contributed by atoms with van der Waals surface area (Å²) in [5.41, 5.74) is 0.884. The van der Waals surface area contributed by atoms with Gasteiger partial charge in [-0.15, -0.1) is 0 Å². The smallest absolute Gasteiger partial charge is 0.164 e. The van der Waals surface area contributed by atoms with Gasteiger partial charge in [-0.3, -0.25) is 4.90 Å². The van der Waals surface area contributed by atoms with Gasteiger partial charge >= 0.3 is 0 Å². The summed E-state index contributed by atoms with van der Waals surface area (Å²) in [5.74, 6) is 1.58. The maximum atomic E-state index is 11.8. The summed E-state index contributed by atoms with van der Waals surface area (Å²) in [4.78, 5) is 1.98. The van der Waals surface area contributed by atoms with Gasteiger partial charge in [-0.1, -0.05) is 30.3 Å². The standard InChI is InChI=1S/C14H21NO3S2/c1-20(17,18)14-11-19-10-9-15(14)8-7-13(16)12-5-3-2-4-6-12/h2-6,13-14,16H,7-11H2,1H3. The molecule has 20 heavy (non-hydrogen) atoms. The Kier molecular flexibility index (Phi) is 5.49. The van der Waals surface area contributed by atoms with Crippen molar-refractivity contribution in [2.75, 3.05) is 30.9 Å². The van der Waals surface area contributed by atoms with Crippen molar-refractivity contribution >= 4 is 21.6 Å². The molecule has 4 nitrogen and oxygen atoms in total. The van der Waals surface area contributed by atoms with Gasteiger partial charge < -0.3 is 5.11 Å². The lowest BCUT2D eigenvalue weighted by Crippen LogP contribution is -2.47. The average Bonchev–Trinajstić information content (AvgIpc) is 2.45. The molecule has 1 aliphatic heterocycles. The fraction of sp³-hybridized carbons (Fsp3) is 0.571. The predicted molar refractivity (Wildman–Crippen MR) is 83.5 cm³/mol. The Labute approximate surface area is 125 Å². The first-order valence-electron chi connectivity index (χ1n) is 6.72. The summed E-state index contributed by atoms with van der Waals surface area (Å²) in [6, 6.07) is 9.50. The van der Waals surface area contributed by atoms with Crippen LogP contribution in [-0.4, -0.2) is 54.6 Å². The molecule has 0 amide bonds. The zero-order chi connectivity index (χ0) is 14.6. The number of nitrogens with zero attached hydrogens (tertiary/aromatic N) is 1. The molecule has 0 aliphatic carbocycles. The summed E-state index contributed by atoms with van der Waals surface area (Å²) in [6.45, 7) is 1.37. The molecule has 0 saturated carbocycles. The molecule has 0 bridgehead atoms. The summed E-state index contributed by atoms with van der Waals surface area (Å²) >= 11 is 1.68. The van der Waals surface area contributed by atoms with E-state index in [1.54, 1.807) is 11.8 Å². The molecule has 6 heteroatoms. The highest BCUT2D eigenvalue weighted by Crippen LogP contribution is 2.23. The molecule has 1 aromatic carbocycles. The third-order valence-electron chi connectivity index (χ3n) is 3.56. The van der Waals surface area contributed by atoms with Crippen LogP contribution in [0.15, 0.2) is 30.3 Å². The maximum Gasteiger partial charge on any atom is 0.164 e. The Bertz CT molecular complexity index is 518. The molecule has 1 N–H and O–H groups in total. The highest BCUT2D eigenvalue weighted by Gasteiger charge is 2.30. The highest BCUT2D eigenvalue weighted by atomic mass is 32.2. The molecule has 2 rings (SSSR count). The first-order chi connectivity index (χ1) is 9.48. The molecule has 1 aliphatic rings. The van der Waals surface area contributed by atoms with Crippen molar-refractivity contribution in [2.24, 2.45) is 0 Å². The number of thioether (sulfide) groups is 1. The van der Waals surface area contributed by atoms with Crippen molar-refractivity contribution in [2.45, 2.75) is 17.9 Å². The van der Waals surface area contributed by atoms with Crippen molar-refractivity contribution in [1.82, 2.24) is 4.90 Å². The van der Waals surface area contributed by atoms with Crippen LogP contribution in [0.2, 0.25) is 0 Å². The van der Waals surface area contributed by atoms with Crippen LogP contribution >= 0.6 is 11.8 Å². The quantitative estimate of drug-likeness (QED) is 0.893. The number of aliphatic hydroxyl groups excluding tert-OH is 1. The van der Waals surface area contributed by atoms with E-state index in [-0.39, 0.29) is 0 Å². The van der Waals surface area contributed by atoms with E-state index in [4.69, 9.17) is 0 Å². The second-order valence-corrected chi connectivity index (χ2v) is 8.46. The van der Waals surface area contributed by atoms with E-state index in [9.17, 15) is 13.5 Å². The van der Waals surface area contributed by atoms with E-state index >= 15 is 0 Å². The maximum absolute atomic E-state index is 11.8. The van der Waals surface area contributed by atoms with E-state index in [1.807, 2.05) is 35.2 Å². The summed E-state index contributed by atoms with van der Waals surface area (Å²) in [5, 5.41) is 9.75.